The number of rotatable bonds is 4. The van der Waals surface area contributed by atoms with E-state index in [4.69, 9.17) is 4.74 Å². The number of ether oxygens (including phenoxy) is 1. The summed E-state index contributed by atoms with van der Waals surface area (Å²) in [6.45, 7) is 1.60. The lowest BCUT2D eigenvalue weighted by Gasteiger charge is -2.31. The summed E-state index contributed by atoms with van der Waals surface area (Å²) in [7, 11) is 0. The molecule has 8 nitrogen and oxygen atoms in total. The molecule has 0 saturated carbocycles. The average Bonchev–Trinajstić information content (AvgIpc) is 3.24. The summed E-state index contributed by atoms with van der Waals surface area (Å²) in [5.41, 5.74) is 1.84. The molecule has 2 N–H and O–H groups in total. The van der Waals surface area contributed by atoms with Gasteiger partial charge in [-0.15, -0.1) is 15.3 Å². The van der Waals surface area contributed by atoms with Crippen molar-refractivity contribution in [1.29, 1.82) is 0 Å². The zero-order valence-corrected chi connectivity index (χ0v) is 12.0. The molecule has 3 aromatic rings. The van der Waals surface area contributed by atoms with E-state index in [2.05, 4.69) is 30.8 Å². The van der Waals surface area contributed by atoms with E-state index in [0.29, 0.717) is 5.92 Å². The molecule has 114 valence electrons. The first-order chi connectivity index (χ1) is 10.9. The van der Waals surface area contributed by atoms with Crippen molar-refractivity contribution in [3.63, 3.8) is 0 Å². The van der Waals surface area contributed by atoms with Gasteiger partial charge in [-0.05, 0) is 25.0 Å². The predicted molar refractivity (Wildman–Crippen MR) is 79.3 cm³/mol. The Morgan fingerprint density at radius 3 is 3.32 bits per heavy atom. The lowest BCUT2D eigenvalue weighted by Crippen LogP contribution is -2.28. The van der Waals surface area contributed by atoms with E-state index in [9.17, 15) is 0 Å². The van der Waals surface area contributed by atoms with E-state index in [-0.39, 0.29) is 6.10 Å². The van der Waals surface area contributed by atoms with Crippen molar-refractivity contribution >= 4 is 11.5 Å². The smallest absolute Gasteiger partial charge is 0.177 e. The van der Waals surface area contributed by atoms with E-state index in [1.54, 1.807) is 10.8 Å². The minimum absolute atomic E-state index is 0.0821. The number of nitrogens with zero attached hydrogens (tertiary/aromatic N) is 5. The second-order valence-corrected chi connectivity index (χ2v) is 5.46. The van der Waals surface area contributed by atoms with E-state index in [1.807, 2.05) is 24.5 Å². The number of aromatic amines is 1. The van der Waals surface area contributed by atoms with Gasteiger partial charge in [-0.3, -0.25) is 5.10 Å². The van der Waals surface area contributed by atoms with Crippen molar-refractivity contribution in [2.75, 3.05) is 18.5 Å². The van der Waals surface area contributed by atoms with Crippen LogP contribution in [0.3, 0.4) is 0 Å². The van der Waals surface area contributed by atoms with Gasteiger partial charge in [0.05, 0.1) is 12.3 Å². The second-order valence-electron chi connectivity index (χ2n) is 5.46. The number of aromatic nitrogens is 6. The third-order valence-electron chi connectivity index (χ3n) is 4.00. The third-order valence-corrected chi connectivity index (χ3v) is 4.00. The molecule has 0 amide bonds. The van der Waals surface area contributed by atoms with Gasteiger partial charge in [0.1, 0.15) is 12.1 Å². The molecule has 1 aliphatic heterocycles. The summed E-state index contributed by atoms with van der Waals surface area (Å²) in [6, 6.07) is 3.81. The first-order valence-electron chi connectivity index (χ1n) is 7.41. The molecule has 0 spiro atoms. The van der Waals surface area contributed by atoms with Crippen molar-refractivity contribution in [2.45, 2.75) is 18.9 Å². The Morgan fingerprint density at radius 1 is 1.41 bits per heavy atom. The minimum atomic E-state index is 0.0821. The standard InChI is InChI=1S/C14H17N7O/c1-2-10(14(22-5-1)11-7-16-17-8-11)6-15-12-3-4-13-19-18-9-21(13)20-12/h3-4,7-10,14H,1-2,5-6H2,(H,15,20)(H,16,17)/t10-,14+/m0/s1. The van der Waals surface area contributed by atoms with E-state index in [0.717, 1.165) is 43.0 Å². The Kier molecular flexibility index (Phi) is 3.43. The lowest BCUT2D eigenvalue weighted by atomic mass is 9.91. The minimum Gasteiger partial charge on any atom is -0.373 e. The van der Waals surface area contributed by atoms with E-state index < -0.39 is 0 Å². The molecular formula is C14H17N7O. The van der Waals surface area contributed by atoms with Crippen LogP contribution in [0.25, 0.3) is 5.65 Å². The summed E-state index contributed by atoms with van der Waals surface area (Å²) in [5, 5.41) is 22.5. The molecule has 4 heterocycles. The van der Waals surface area contributed by atoms with Gasteiger partial charge in [0.25, 0.3) is 0 Å². The van der Waals surface area contributed by atoms with Crippen molar-refractivity contribution < 1.29 is 4.74 Å². The van der Waals surface area contributed by atoms with Crippen LogP contribution in [0.5, 0.6) is 0 Å². The first kappa shape index (κ1) is 13.2. The zero-order chi connectivity index (χ0) is 14.8. The highest BCUT2D eigenvalue weighted by molar-refractivity contribution is 5.42. The van der Waals surface area contributed by atoms with Crippen LogP contribution in [0.4, 0.5) is 5.82 Å². The number of hydrogen-bond donors (Lipinski definition) is 2. The lowest BCUT2D eigenvalue weighted by molar-refractivity contribution is -0.0238. The molecule has 2 atom stereocenters. The number of hydrogen-bond acceptors (Lipinski definition) is 6. The van der Waals surface area contributed by atoms with Gasteiger partial charge in [0.2, 0.25) is 0 Å². The van der Waals surface area contributed by atoms with Crippen molar-refractivity contribution in [1.82, 2.24) is 30.0 Å². The number of nitrogens with one attached hydrogen (secondary N) is 2. The maximum Gasteiger partial charge on any atom is 0.177 e. The maximum absolute atomic E-state index is 5.94. The van der Waals surface area contributed by atoms with Crippen LogP contribution in [0.1, 0.15) is 24.5 Å². The van der Waals surface area contributed by atoms with Gasteiger partial charge in [-0.25, -0.2) is 0 Å². The van der Waals surface area contributed by atoms with Gasteiger partial charge in [-0.2, -0.15) is 9.61 Å². The molecular weight excluding hydrogens is 282 g/mol. The second kappa shape index (κ2) is 5.72. The van der Waals surface area contributed by atoms with Crippen molar-refractivity contribution in [3.8, 4) is 0 Å². The Bertz CT molecular complexity index is 739. The Morgan fingerprint density at radius 2 is 2.41 bits per heavy atom. The predicted octanol–water partition coefficient (Wildman–Crippen LogP) is 1.43. The number of anilines is 1. The summed E-state index contributed by atoms with van der Waals surface area (Å²) in [6.07, 6.45) is 7.63. The maximum atomic E-state index is 5.94. The van der Waals surface area contributed by atoms with E-state index >= 15 is 0 Å². The summed E-state index contributed by atoms with van der Waals surface area (Å²) >= 11 is 0. The van der Waals surface area contributed by atoms with Gasteiger partial charge in [0.15, 0.2) is 5.65 Å². The van der Waals surface area contributed by atoms with Crippen LogP contribution >= 0.6 is 0 Å². The van der Waals surface area contributed by atoms with Crippen molar-refractivity contribution in [3.05, 3.63) is 36.4 Å². The van der Waals surface area contributed by atoms with Crippen molar-refractivity contribution in [2.24, 2.45) is 5.92 Å². The molecule has 1 saturated heterocycles. The molecule has 0 radical (unpaired) electrons. The van der Waals surface area contributed by atoms with Gasteiger partial charge in [-0.1, -0.05) is 0 Å². The molecule has 22 heavy (non-hydrogen) atoms. The number of H-pyrrole nitrogens is 1. The summed E-state index contributed by atoms with van der Waals surface area (Å²) in [5.74, 6) is 1.20. The normalized spacial score (nSPS) is 22.0. The highest BCUT2D eigenvalue weighted by atomic mass is 16.5. The van der Waals surface area contributed by atoms with Crippen LogP contribution in [0.2, 0.25) is 0 Å². The van der Waals surface area contributed by atoms with Gasteiger partial charge >= 0.3 is 0 Å². The fraction of sp³-hybridized carbons (Fsp3) is 0.429. The largest absolute Gasteiger partial charge is 0.373 e. The molecule has 8 heteroatoms. The Hall–Kier alpha value is -2.48. The van der Waals surface area contributed by atoms with Crippen LogP contribution in [0.15, 0.2) is 30.9 Å². The monoisotopic (exact) mass is 299 g/mol. The van der Waals surface area contributed by atoms with Crippen LogP contribution < -0.4 is 5.32 Å². The average molecular weight is 299 g/mol. The topological polar surface area (TPSA) is 93.0 Å². The molecule has 0 bridgehead atoms. The Balaban J connectivity index is 1.46. The quantitative estimate of drug-likeness (QED) is 0.757. The molecule has 0 aliphatic carbocycles. The van der Waals surface area contributed by atoms with Crippen LogP contribution in [0, 0.1) is 5.92 Å². The molecule has 1 aliphatic rings. The van der Waals surface area contributed by atoms with Crippen LogP contribution in [-0.2, 0) is 4.74 Å². The van der Waals surface area contributed by atoms with Gasteiger partial charge < -0.3 is 10.1 Å². The highest BCUT2D eigenvalue weighted by Crippen LogP contribution is 2.33. The van der Waals surface area contributed by atoms with Crippen LogP contribution in [-0.4, -0.2) is 43.2 Å². The van der Waals surface area contributed by atoms with E-state index in [1.165, 1.54) is 0 Å². The zero-order valence-electron chi connectivity index (χ0n) is 12.0. The molecule has 3 aromatic heterocycles. The third kappa shape index (κ3) is 2.52. The summed E-state index contributed by atoms with van der Waals surface area (Å²) < 4.78 is 7.60. The summed E-state index contributed by atoms with van der Waals surface area (Å²) in [4.78, 5) is 0. The fourth-order valence-corrected chi connectivity index (χ4v) is 2.90. The molecule has 1 fully saturated rings. The molecule has 4 rings (SSSR count). The highest BCUT2D eigenvalue weighted by Gasteiger charge is 2.28. The molecule has 0 unspecified atom stereocenters. The Labute approximate surface area is 126 Å². The number of fused-ring (bicyclic) bond motifs is 1. The fourth-order valence-electron chi connectivity index (χ4n) is 2.90. The first-order valence-corrected chi connectivity index (χ1v) is 7.41. The van der Waals surface area contributed by atoms with Gasteiger partial charge in [0, 0.05) is 30.8 Å². The molecule has 0 aromatic carbocycles. The SMILES string of the molecule is c1n[nH]cc1[C@@H]1OCCC[C@H]1CNc1ccc2nncn2n1.